The maximum absolute atomic E-state index is 5.42. The van der Waals surface area contributed by atoms with Crippen molar-refractivity contribution in [2.24, 2.45) is 0 Å². The van der Waals surface area contributed by atoms with E-state index in [0.717, 1.165) is 29.2 Å². The molecule has 0 aliphatic carbocycles. The first-order valence-corrected chi connectivity index (χ1v) is 6.71. The van der Waals surface area contributed by atoms with Crippen LogP contribution in [0.5, 0.6) is 5.75 Å². The second kappa shape index (κ2) is 5.05. The number of methoxy groups -OCH3 is 1. The summed E-state index contributed by atoms with van der Waals surface area (Å²) in [6, 6.07) is 8.69. The highest BCUT2D eigenvalue weighted by Gasteiger charge is 2.19. The van der Waals surface area contributed by atoms with E-state index in [1.165, 1.54) is 18.4 Å². The van der Waals surface area contributed by atoms with Crippen LogP contribution in [0.1, 0.15) is 30.1 Å². The van der Waals surface area contributed by atoms with E-state index in [1.54, 1.807) is 7.11 Å². The van der Waals surface area contributed by atoms with Gasteiger partial charge in [-0.15, -0.1) is 0 Å². The maximum Gasteiger partial charge on any atom is 0.128 e. The molecule has 4 heteroatoms. The van der Waals surface area contributed by atoms with E-state index in [4.69, 9.17) is 4.74 Å². The molecule has 3 rings (SSSR count). The quantitative estimate of drug-likeness (QED) is 0.889. The second-order valence-corrected chi connectivity index (χ2v) is 5.06. The summed E-state index contributed by atoms with van der Waals surface area (Å²) in [6.07, 6.45) is 2.40. The number of aromatic amines is 1. The van der Waals surface area contributed by atoms with Crippen molar-refractivity contribution in [1.82, 2.24) is 15.5 Å². The van der Waals surface area contributed by atoms with E-state index in [9.17, 15) is 0 Å². The third-order valence-corrected chi connectivity index (χ3v) is 3.66. The van der Waals surface area contributed by atoms with Gasteiger partial charge in [-0.1, -0.05) is 11.6 Å². The van der Waals surface area contributed by atoms with Gasteiger partial charge >= 0.3 is 0 Å². The Labute approximate surface area is 113 Å². The predicted molar refractivity (Wildman–Crippen MR) is 75.3 cm³/mol. The number of rotatable bonds is 3. The largest absolute Gasteiger partial charge is 0.496 e. The Balaban J connectivity index is 1.95. The average molecular weight is 257 g/mol. The van der Waals surface area contributed by atoms with Crippen molar-refractivity contribution in [2.45, 2.75) is 25.8 Å². The van der Waals surface area contributed by atoms with Gasteiger partial charge in [0.1, 0.15) is 5.75 Å². The number of hydrogen-bond acceptors (Lipinski definition) is 3. The van der Waals surface area contributed by atoms with Crippen LogP contribution >= 0.6 is 0 Å². The summed E-state index contributed by atoms with van der Waals surface area (Å²) in [7, 11) is 1.69. The number of nitrogens with one attached hydrogen (secondary N) is 2. The summed E-state index contributed by atoms with van der Waals surface area (Å²) in [5.41, 5.74) is 4.36. The van der Waals surface area contributed by atoms with Crippen molar-refractivity contribution in [3.8, 4) is 17.0 Å². The fourth-order valence-electron chi connectivity index (χ4n) is 2.63. The first-order valence-electron chi connectivity index (χ1n) is 6.71. The Bertz CT molecular complexity index is 571. The number of aromatic nitrogens is 2. The Morgan fingerprint density at radius 1 is 1.32 bits per heavy atom. The molecule has 1 atom stereocenters. The molecule has 100 valence electrons. The zero-order chi connectivity index (χ0) is 13.2. The predicted octanol–water partition coefficient (Wildman–Crippen LogP) is 2.82. The van der Waals surface area contributed by atoms with Crippen molar-refractivity contribution in [3.63, 3.8) is 0 Å². The topological polar surface area (TPSA) is 49.9 Å². The molecular weight excluding hydrogens is 238 g/mol. The standard InChI is InChI=1S/C15H19N3O/c1-10-5-6-15(19-2)11(8-10)13-9-14(18-17-13)12-4-3-7-16-12/h5-6,8-9,12,16H,3-4,7H2,1-2H3,(H,17,18). The van der Waals surface area contributed by atoms with E-state index in [0.29, 0.717) is 6.04 Å². The van der Waals surface area contributed by atoms with Gasteiger partial charge in [0.15, 0.2) is 0 Å². The SMILES string of the molecule is COc1ccc(C)cc1-c1cc(C2CCCN2)[nH]n1. The van der Waals surface area contributed by atoms with Crippen LogP contribution in [0.4, 0.5) is 0 Å². The number of nitrogens with zero attached hydrogens (tertiary/aromatic N) is 1. The summed E-state index contributed by atoms with van der Waals surface area (Å²) in [6.45, 7) is 3.17. The van der Waals surface area contributed by atoms with Crippen LogP contribution in [0.25, 0.3) is 11.3 Å². The van der Waals surface area contributed by atoms with Crippen molar-refractivity contribution < 1.29 is 4.74 Å². The summed E-state index contributed by atoms with van der Waals surface area (Å²) in [5.74, 6) is 0.864. The number of hydrogen-bond donors (Lipinski definition) is 2. The molecule has 0 amide bonds. The molecule has 2 N–H and O–H groups in total. The van der Waals surface area contributed by atoms with Crippen LogP contribution in [0.3, 0.4) is 0 Å². The summed E-state index contributed by atoms with van der Waals surface area (Å²) >= 11 is 0. The lowest BCUT2D eigenvalue weighted by Gasteiger charge is -2.07. The molecule has 0 spiro atoms. The lowest BCUT2D eigenvalue weighted by Crippen LogP contribution is -2.12. The van der Waals surface area contributed by atoms with Crippen LogP contribution < -0.4 is 10.1 Å². The molecule has 1 aromatic carbocycles. The smallest absolute Gasteiger partial charge is 0.128 e. The lowest BCUT2D eigenvalue weighted by molar-refractivity contribution is 0.416. The van der Waals surface area contributed by atoms with Gasteiger partial charge in [-0.25, -0.2) is 0 Å². The number of benzene rings is 1. The van der Waals surface area contributed by atoms with Gasteiger partial charge in [0.25, 0.3) is 0 Å². The molecule has 2 heterocycles. The van der Waals surface area contributed by atoms with E-state index >= 15 is 0 Å². The number of H-pyrrole nitrogens is 1. The van der Waals surface area contributed by atoms with Crippen LogP contribution in [0.2, 0.25) is 0 Å². The summed E-state index contributed by atoms with van der Waals surface area (Å²) < 4.78 is 5.42. The molecule has 19 heavy (non-hydrogen) atoms. The maximum atomic E-state index is 5.42. The van der Waals surface area contributed by atoms with E-state index < -0.39 is 0 Å². The van der Waals surface area contributed by atoms with Gasteiger partial charge in [0.05, 0.1) is 18.5 Å². The first kappa shape index (κ1) is 12.2. The van der Waals surface area contributed by atoms with Crippen LogP contribution in [-0.2, 0) is 0 Å². The van der Waals surface area contributed by atoms with Crippen LogP contribution in [0, 0.1) is 6.92 Å². The lowest BCUT2D eigenvalue weighted by atomic mass is 10.1. The Kier molecular flexibility index (Phi) is 3.25. The average Bonchev–Trinajstić information content (AvgIpc) is 3.09. The Morgan fingerprint density at radius 2 is 2.21 bits per heavy atom. The van der Waals surface area contributed by atoms with Gasteiger partial charge in [-0.3, -0.25) is 5.10 Å². The van der Waals surface area contributed by atoms with E-state index in [2.05, 4.69) is 40.6 Å². The molecule has 1 fully saturated rings. The molecule has 0 radical (unpaired) electrons. The molecule has 1 saturated heterocycles. The van der Waals surface area contributed by atoms with Crippen LogP contribution in [-0.4, -0.2) is 23.9 Å². The van der Waals surface area contributed by atoms with Gasteiger partial charge < -0.3 is 10.1 Å². The highest BCUT2D eigenvalue weighted by molar-refractivity contribution is 5.68. The fourth-order valence-corrected chi connectivity index (χ4v) is 2.63. The number of ether oxygens (including phenoxy) is 1. The Hall–Kier alpha value is -1.81. The molecule has 2 aromatic rings. The van der Waals surface area contributed by atoms with Crippen molar-refractivity contribution in [2.75, 3.05) is 13.7 Å². The van der Waals surface area contributed by atoms with E-state index in [-0.39, 0.29) is 0 Å². The zero-order valence-electron chi connectivity index (χ0n) is 11.4. The van der Waals surface area contributed by atoms with Gasteiger partial charge in [0, 0.05) is 11.6 Å². The van der Waals surface area contributed by atoms with Crippen molar-refractivity contribution in [3.05, 3.63) is 35.5 Å². The van der Waals surface area contributed by atoms with Gasteiger partial charge in [-0.2, -0.15) is 5.10 Å². The minimum Gasteiger partial charge on any atom is -0.496 e. The highest BCUT2D eigenvalue weighted by Crippen LogP contribution is 2.31. The number of aryl methyl sites for hydroxylation is 1. The van der Waals surface area contributed by atoms with Crippen LogP contribution in [0.15, 0.2) is 24.3 Å². The highest BCUT2D eigenvalue weighted by atomic mass is 16.5. The minimum absolute atomic E-state index is 0.414. The molecule has 1 aliphatic rings. The minimum atomic E-state index is 0.414. The van der Waals surface area contributed by atoms with Crippen molar-refractivity contribution >= 4 is 0 Å². The Morgan fingerprint density at radius 3 is 2.95 bits per heavy atom. The second-order valence-electron chi connectivity index (χ2n) is 5.06. The molecule has 4 nitrogen and oxygen atoms in total. The summed E-state index contributed by atoms with van der Waals surface area (Å²) in [5, 5.41) is 11.1. The molecule has 0 saturated carbocycles. The molecule has 1 aromatic heterocycles. The monoisotopic (exact) mass is 257 g/mol. The third kappa shape index (κ3) is 2.36. The zero-order valence-corrected chi connectivity index (χ0v) is 11.4. The van der Waals surface area contributed by atoms with Crippen molar-refractivity contribution in [1.29, 1.82) is 0 Å². The summed E-state index contributed by atoms with van der Waals surface area (Å²) in [4.78, 5) is 0. The molecular formula is C15H19N3O. The molecule has 0 bridgehead atoms. The normalized spacial score (nSPS) is 18.7. The van der Waals surface area contributed by atoms with Gasteiger partial charge in [0.2, 0.25) is 0 Å². The molecule has 1 unspecified atom stereocenters. The van der Waals surface area contributed by atoms with E-state index in [1.807, 2.05) is 6.07 Å². The fraction of sp³-hybridized carbons (Fsp3) is 0.400. The third-order valence-electron chi connectivity index (χ3n) is 3.66. The molecule has 1 aliphatic heterocycles. The first-order chi connectivity index (χ1) is 9.28. The van der Waals surface area contributed by atoms with Gasteiger partial charge in [-0.05, 0) is 44.5 Å².